The Hall–Kier alpha value is -5.77. The monoisotopic (exact) mass is 659 g/mol. The molecule has 0 aliphatic carbocycles. The van der Waals surface area contributed by atoms with Gasteiger partial charge in [-0.2, -0.15) is 0 Å². The quantitative estimate of drug-likeness (QED) is 0.137. The Balaban J connectivity index is 1.79. The van der Waals surface area contributed by atoms with Crippen LogP contribution in [0.5, 0.6) is 0 Å². The molecule has 0 saturated carbocycles. The second-order valence-electron chi connectivity index (χ2n) is 12.6. The Kier molecular flexibility index (Phi) is 9.71. The molecule has 0 spiro atoms. The van der Waals surface area contributed by atoms with Crippen LogP contribution in [-0.2, 0) is 14.4 Å². The van der Waals surface area contributed by atoms with Crippen molar-refractivity contribution in [3.63, 3.8) is 0 Å². The smallest absolute Gasteiger partial charge is 0.352 e. The van der Waals surface area contributed by atoms with Gasteiger partial charge in [0, 0.05) is 46.0 Å². The Bertz CT molecular complexity index is 2220. The zero-order chi connectivity index (χ0) is 35.7. The number of nitrogens with one attached hydrogen (secondary N) is 3. The maximum atomic E-state index is 13.0. The van der Waals surface area contributed by atoms with Gasteiger partial charge >= 0.3 is 11.9 Å². The third-order valence-electron chi connectivity index (χ3n) is 9.21. The van der Waals surface area contributed by atoms with Gasteiger partial charge in [-0.15, -0.1) is 0 Å². The minimum absolute atomic E-state index is 0.0215. The standard InChI is InChI=1S/C39H41N5O5/c1-9-24-20(5)28-15-29-23(8)27(12-14-37(46)47)35(42-29)18-34-26(11-13-36(45)44-38(19(3)4)39(48)49)22(7)31(43-34)17-33-25(10-2)21(6)30(41-33)16-32(24)40-28/h9-10,15-18,40-41H,1-2,11-14H2,3-8H3,(H,44,45)(H,46,47)(H,48,49). The molecule has 0 fully saturated rings. The van der Waals surface area contributed by atoms with Crippen LogP contribution in [0.2, 0.25) is 0 Å². The number of aliphatic carboxylic acids is 2. The molecule has 3 aromatic heterocycles. The molecule has 0 radical (unpaired) electrons. The molecule has 5 rings (SSSR count). The minimum Gasteiger partial charge on any atom is -0.481 e. The van der Waals surface area contributed by atoms with Gasteiger partial charge in [-0.3, -0.25) is 9.59 Å². The fourth-order valence-corrected chi connectivity index (χ4v) is 6.37. The van der Waals surface area contributed by atoms with Gasteiger partial charge in [-0.05, 0) is 118 Å². The zero-order valence-corrected chi connectivity index (χ0v) is 28.7. The number of H-pyrrole nitrogens is 2. The Morgan fingerprint density at radius 2 is 1.18 bits per heavy atom. The summed E-state index contributed by atoms with van der Waals surface area (Å²) in [5, 5.41) is 21.6. The van der Waals surface area contributed by atoms with Gasteiger partial charge in [0.1, 0.15) is 5.70 Å². The van der Waals surface area contributed by atoms with E-state index in [2.05, 4.69) is 28.4 Å². The van der Waals surface area contributed by atoms with Gasteiger partial charge in [0.2, 0.25) is 5.91 Å². The molecular weight excluding hydrogens is 618 g/mol. The van der Waals surface area contributed by atoms with E-state index in [9.17, 15) is 24.6 Å². The summed E-state index contributed by atoms with van der Waals surface area (Å²) in [6, 6.07) is 7.85. The molecule has 252 valence electrons. The van der Waals surface area contributed by atoms with Gasteiger partial charge in [0.05, 0.1) is 22.8 Å². The number of aromatic nitrogens is 4. The lowest BCUT2D eigenvalue weighted by atomic mass is 9.98. The summed E-state index contributed by atoms with van der Waals surface area (Å²) in [4.78, 5) is 53.4. The van der Waals surface area contributed by atoms with Crippen LogP contribution in [-0.4, -0.2) is 48.0 Å². The van der Waals surface area contributed by atoms with Gasteiger partial charge < -0.3 is 25.5 Å². The van der Waals surface area contributed by atoms with E-state index in [1.54, 1.807) is 13.8 Å². The van der Waals surface area contributed by atoms with Crippen molar-refractivity contribution >= 4 is 74.4 Å². The Labute approximate surface area is 284 Å². The van der Waals surface area contributed by atoms with E-state index in [1.165, 1.54) is 0 Å². The minimum atomic E-state index is -1.20. The highest BCUT2D eigenvalue weighted by molar-refractivity contribution is 5.98. The van der Waals surface area contributed by atoms with Crippen LogP contribution in [0.4, 0.5) is 0 Å². The highest BCUT2D eigenvalue weighted by Gasteiger charge is 2.23. The third-order valence-corrected chi connectivity index (χ3v) is 9.21. The number of carboxylic acids is 2. The first-order valence-electron chi connectivity index (χ1n) is 16.1. The van der Waals surface area contributed by atoms with Crippen molar-refractivity contribution in [2.75, 3.05) is 0 Å². The van der Waals surface area contributed by atoms with Crippen molar-refractivity contribution in [3.05, 3.63) is 93.7 Å². The fraction of sp³-hybridized carbons (Fsp3) is 0.256. The first-order valence-corrected chi connectivity index (χ1v) is 16.1. The van der Waals surface area contributed by atoms with Gasteiger partial charge in [-0.25, -0.2) is 14.8 Å². The van der Waals surface area contributed by atoms with E-state index in [0.29, 0.717) is 28.3 Å². The van der Waals surface area contributed by atoms with Crippen LogP contribution in [0, 0.1) is 13.8 Å². The second-order valence-corrected chi connectivity index (χ2v) is 12.6. The number of rotatable bonds is 10. The number of aryl methyl sites for hydroxylation is 2. The van der Waals surface area contributed by atoms with E-state index in [0.717, 1.165) is 66.6 Å². The number of hydrogen-bond donors (Lipinski definition) is 5. The molecule has 0 saturated heterocycles. The largest absolute Gasteiger partial charge is 0.481 e. The molecule has 0 aromatic carbocycles. The first-order chi connectivity index (χ1) is 23.2. The van der Waals surface area contributed by atoms with Crippen molar-refractivity contribution in [1.82, 2.24) is 25.3 Å². The van der Waals surface area contributed by atoms with Crippen LogP contribution in [0.15, 0.2) is 48.7 Å². The highest BCUT2D eigenvalue weighted by Crippen LogP contribution is 2.38. The molecule has 49 heavy (non-hydrogen) atoms. The number of carboxylic acid groups (broad SMARTS) is 2. The number of fused-ring (bicyclic) bond motifs is 8. The van der Waals surface area contributed by atoms with Crippen LogP contribution in [0.1, 0.15) is 98.4 Å². The number of amides is 1. The van der Waals surface area contributed by atoms with Crippen molar-refractivity contribution in [1.29, 1.82) is 0 Å². The lowest BCUT2D eigenvalue weighted by Crippen LogP contribution is -2.28. The molecule has 1 amide bonds. The maximum absolute atomic E-state index is 13.0. The molecule has 2 aliphatic rings. The summed E-state index contributed by atoms with van der Waals surface area (Å²) < 4.78 is 0. The molecular formula is C39H41N5O5. The van der Waals surface area contributed by atoms with E-state index >= 15 is 0 Å². The number of carbonyl (C=O) groups excluding carboxylic acids is 1. The Morgan fingerprint density at radius 1 is 0.714 bits per heavy atom. The molecule has 2 aliphatic heterocycles. The number of nitrogens with zero attached hydrogens (tertiary/aromatic N) is 2. The summed E-state index contributed by atoms with van der Waals surface area (Å²) in [6.07, 6.45) is 4.15. The van der Waals surface area contributed by atoms with Crippen LogP contribution in [0.25, 0.3) is 56.5 Å². The molecule has 5 heterocycles. The maximum Gasteiger partial charge on any atom is 0.352 e. The van der Waals surface area contributed by atoms with Gasteiger partial charge in [0.15, 0.2) is 0 Å². The van der Waals surface area contributed by atoms with E-state index in [4.69, 9.17) is 9.97 Å². The van der Waals surface area contributed by atoms with E-state index in [1.807, 2.05) is 64.1 Å². The summed E-state index contributed by atoms with van der Waals surface area (Å²) in [6.45, 7) is 19.3. The Morgan fingerprint density at radius 3 is 1.65 bits per heavy atom. The second kappa shape index (κ2) is 13.8. The zero-order valence-electron chi connectivity index (χ0n) is 28.7. The average molecular weight is 660 g/mol. The molecule has 0 unspecified atom stereocenters. The number of carbonyl (C=O) groups is 3. The molecule has 8 bridgehead atoms. The van der Waals surface area contributed by atoms with Gasteiger partial charge in [0.25, 0.3) is 0 Å². The molecule has 5 N–H and O–H groups in total. The van der Waals surface area contributed by atoms with Crippen LogP contribution in [0.3, 0.4) is 0 Å². The lowest BCUT2D eigenvalue weighted by molar-refractivity contribution is -0.137. The topological polar surface area (TPSA) is 161 Å². The first kappa shape index (κ1) is 34.6. The molecule has 10 heteroatoms. The van der Waals surface area contributed by atoms with Crippen molar-refractivity contribution < 1.29 is 24.6 Å². The highest BCUT2D eigenvalue weighted by atomic mass is 16.4. The van der Waals surface area contributed by atoms with Crippen LogP contribution >= 0.6 is 0 Å². The predicted molar refractivity (Wildman–Crippen MR) is 196 cm³/mol. The van der Waals surface area contributed by atoms with E-state index in [-0.39, 0.29) is 31.4 Å². The van der Waals surface area contributed by atoms with E-state index < -0.39 is 17.8 Å². The summed E-state index contributed by atoms with van der Waals surface area (Å²) >= 11 is 0. The lowest BCUT2D eigenvalue weighted by Gasteiger charge is -2.09. The molecule has 3 aromatic rings. The van der Waals surface area contributed by atoms with Crippen LogP contribution < -0.4 is 5.32 Å². The van der Waals surface area contributed by atoms with Crippen molar-refractivity contribution in [3.8, 4) is 0 Å². The van der Waals surface area contributed by atoms with Gasteiger partial charge in [-0.1, -0.05) is 25.3 Å². The number of aromatic amines is 2. The molecule has 0 atom stereocenters. The molecule has 10 nitrogen and oxygen atoms in total. The fourth-order valence-electron chi connectivity index (χ4n) is 6.37. The number of allylic oxidation sites excluding steroid dienone is 5. The van der Waals surface area contributed by atoms with Crippen molar-refractivity contribution in [2.45, 2.75) is 67.2 Å². The SMILES string of the molecule is C=Cc1c(C)c2cc3[nH]c(cc4nc(cc5nc(cc1[nH]2)C(C)=C5CCC(=O)NC(C(=O)O)=C(C)C)C(CCC(=O)O)=C4C)c(C)c3C=C. The summed E-state index contributed by atoms with van der Waals surface area (Å²) in [5.41, 5.74) is 13.7. The summed E-state index contributed by atoms with van der Waals surface area (Å²) in [7, 11) is 0. The van der Waals surface area contributed by atoms with Crippen molar-refractivity contribution in [2.24, 2.45) is 0 Å². The number of hydrogen-bond acceptors (Lipinski definition) is 5. The average Bonchev–Trinajstić information content (AvgIpc) is 3.70. The summed E-state index contributed by atoms with van der Waals surface area (Å²) in [5.74, 6) is -2.53. The third kappa shape index (κ3) is 6.80. The normalized spacial score (nSPS) is 12.6. The predicted octanol–water partition coefficient (Wildman–Crippen LogP) is 8.22.